The lowest BCUT2D eigenvalue weighted by Gasteiger charge is -2.06. The first-order valence-corrected chi connectivity index (χ1v) is 8.52. The Balaban J connectivity index is 2.16. The number of rotatable bonds is 10. The van der Waals surface area contributed by atoms with E-state index in [2.05, 4.69) is 9.71 Å². The Hall–Kier alpha value is -0.540. The summed E-state index contributed by atoms with van der Waals surface area (Å²) in [5, 5.41) is 2.93. The Bertz CT molecular complexity index is 459. The van der Waals surface area contributed by atoms with E-state index in [4.69, 9.17) is 9.47 Å². The molecule has 1 aromatic rings. The lowest BCUT2D eigenvalue weighted by atomic mass is 10.3. The predicted molar refractivity (Wildman–Crippen MR) is 75.0 cm³/mol. The van der Waals surface area contributed by atoms with Crippen LogP contribution < -0.4 is 4.72 Å². The summed E-state index contributed by atoms with van der Waals surface area (Å²) >= 11 is 1.56. The Morgan fingerprint density at radius 1 is 1.37 bits per heavy atom. The maximum atomic E-state index is 11.6. The second-order valence-electron chi connectivity index (χ2n) is 3.93. The second-order valence-corrected chi connectivity index (χ2v) is 6.91. The summed E-state index contributed by atoms with van der Waals surface area (Å²) in [4.78, 5) is 4.27. The van der Waals surface area contributed by atoms with Crippen LogP contribution in [0.25, 0.3) is 0 Å². The van der Waals surface area contributed by atoms with Crippen LogP contribution in [0, 0.1) is 6.92 Å². The molecule has 0 amide bonds. The zero-order valence-corrected chi connectivity index (χ0v) is 12.8. The van der Waals surface area contributed by atoms with Crippen LogP contribution >= 0.6 is 11.3 Å². The molecule has 0 bridgehead atoms. The van der Waals surface area contributed by atoms with Gasteiger partial charge >= 0.3 is 0 Å². The molecule has 1 aromatic heterocycles. The van der Waals surface area contributed by atoms with Gasteiger partial charge < -0.3 is 9.47 Å². The van der Waals surface area contributed by atoms with Gasteiger partial charge in [-0.2, -0.15) is 0 Å². The smallest absolute Gasteiger partial charge is 0.213 e. The van der Waals surface area contributed by atoms with Crippen LogP contribution in [0.2, 0.25) is 0 Å². The van der Waals surface area contributed by atoms with E-state index in [1.54, 1.807) is 18.4 Å². The highest BCUT2D eigenvalue weighted by molar-refractivity contribution is 7.89. The van der Waals surface area contributed by atoms with Crippen LogP contribution in [0.1, 0.15) is 10.7 Å². The molecule has 110 valence electrons. The lowest BCUT2D eigenvalue weighted by Crippen LogP contribution is -2.30. The normalized spacial score (nSPS) is 11.9. The molecule has 0 saturated carbocycles. The van der Waals surface area contributed by atoms with Crippen molar-refractivity contribution in [2.75, 3.05) is 39.2 Å². The summed E-state index contributed by atoms with van der Waals surface area (Å²) in [5.74, 6) is -0.0349. The van der Waals surface area contributed by atoms with Gasteiger partial charge in [-0.3, -0.25) is 0 Å². The van der Waals surface area contributed by atoms with Crippen molar-refractivity contribution < 1.29 is 17.9 Å². The minimum absolute atomic E-state index is 0.0349. The number of methoxy groups -OCH3 is 1. The fourth-order valence-electron chi connectivity index (χ4n) is 1.34. The third-order valence-electron chi connectivity index (χ3n) is 2.30. The van der Waals surface area contributed by atoms with Gasteiger partial charge in [0.05, 0.1) is 36.3 Å². The van der Waals surface area contributed by atoms with Gasteiger partial charge in [-0.05, 0) is 6.92 Å². The molecular formula is C11H20N2O4S2. The van der Waals surface area contributed by atoms with E-state index in [0.29, 0.717) is 26.2 Å². The fraction of sp³-hybridized carbons (Fsp3) is 0.727. The zero-order valence-electron chi connectivity index (χ0n) is 11.2. The standard InChI is InChI=1S/C11H20N2O4S2/c1-10-13-11(9-18-10)3-4-12-19(14,15)8-7-17-6-5-16-2/h9,12H,3-8H2,1-2H3. The van der Waals surface area contributed by atoms with Crippen LogP contribution in [0.5, 0.6) is 0 Å². The van der Waals surface area contributed by atoms with Crippen molar-refractivity contribution in [2.45, 2.75) is 13.3 Å². The summed E-state index contributed by atoms with van der Waals surface area (Å²) in [7, 11) is -1.70. The summed E-state index contributed by atoms with van der Waals surface area (Å²) in [6, 6.07) is 0. The molecular weight excluding hydrogens is 288 g/mol. The van der Waals surface area contributed by atoms with E-state index in [-0.39, 0.29) is 12.4 Å². The first-order valence-electron chi connectivity index (χ1n) is 5.98. The maximum Gasteiger partial charge on any atom is 0.213 e. The van der Waals surface area contributed by atoms with E-state index in [1.165, 1.54) is 0 Å². The fourth-order valence-corrected chi connectivity index (χ4v) is 2.88. The number of hydrogen-bond acceptors (Lipinski definition) is 6. The van der Waals surface area contributed by atoms with Gasteiger partial charge in [0.15, 0.2) is 0 Å². The van der Waals surface area contributed by atoms with Crippen LogP contribution in [0.3, 0.4) is 0 Å². The van der Waals surface area contributed by atoms with Gasteiger partial charge in [0.2, 0.25) is 10.0 Å². The number of nitrogens with one attached hydrogen (secondary N) is 1. The molecule has 0 unspecified atom stereocenters. The summed E-state index contributed by atoms with van der Waals surface area (Å²) < 4.78 is 35.7. The Morgan fingerprint density at radius 2 is 2.16 bits per heavy atom. The number of thiazole rings is 1. The molecule has 0 aliphatic carbocycles. The third-order valence-corrected chi connectivity index (χ3v) is 4.47. The summed E-state index contributed by atoms with van der Waals surface area (Å²) in [5.41, 5.74) is 0.918. The minimum atomic E-state index is -3.27. The zero-order chi connectivity index (χ0) is 14.1. The van der Waals surface area contributed by atoms with Crippen molar-refractivity contribution >= 4 is 21.4 Å². The Labute approximate surface area is 118 Å². The first-order chi connectivity index (χ1) is 9.03. The third kappa shape index (κ3) is 7.58. The Kier molecular flexibility index (Phi) is 7.47. The van der Waals surface area contributed by atoms with Gasteiger partial charge in [0, 0.05) is 25.5 Å². The highest BCUT2D eigenvalue weighted by Crippen LogP contribution is 2.07. The van der Waals surface area contributed by atoms with E-state index >= 15 is 0 Å². The monoisotopic (exact) mass is 308 g/mol. The van der Waals surface area contributed by atoms with E-state index in [9.17, 15) is 8.42 Å². The number of ether oxygens (including phenoxy) is 2. The molecule has 0 aliphatic rings. The highest BCUT2D eigenvalue weighted by atomic mass is 32.2. The molecule has 0 fully saturated rings. The SMILES string of the molecule is COCCOCCS(=O)(=O)NCCc1csc(C)n1. The number of sulfonamides is 1. The number of hydrogen-bond donors (Lipinski definition) is 1. The van der Waals surface area contributed by atoms with Crippen molar-refractivity contribution in [1.82, 2.24) is 9.71 Å². The van der Waals surface area contributed by atoms with Crippen molar-refractivity contribution in [2.24, 2.45) is 0 Å². The van der Waals surface area contributed by atoms with Crippen LogP contribution in [0.15, 0.2) is 5.38 Å². The van der Waals surface area contributed by atoms with Crippen molar-refractivity contribution in [1.29, 1.82) is 0 Å². The maximum absolute atomic E-state index is 11.6. The molecule has 1 N–H and O–H groups in total. The molecule has 0 aliphatic heterocycles. The summed E-state index contributed by atoms with van der Waals surface area (Å²) in [6.45, 7) is 3.34. The average molecular weight is 308 g/mol. The molecule has 0 atom stereocenters. The number of nitrogens with zero attached hydrogens (tertiary/aromatic N) is 1. The highest BCUT2D eigenvalue weighted by Gasteiger charge is 2.09. The van der Waals surface area contributed by atoms with Gasteiger partial charge in [0.1, 0.15) is 0 Å². The molecule has 0 saturated heterocycles. The Morgan fingerprint density at radius 3 is 2.79 bits per heavy atom. The van der Waals surface area contributed by atoms with E-state index in [0.717, 1.165) is 10.7 Å². The molecule has 6 nitrogen and oxygen atoms in total. The first kappa shape index (κ1) is 16.5. The van der Waals surface area contributed by atoms with E-state index < -0.39 is 10.0 Å². The van der Waals surface area contributed by atoms with Crippen LogP contribution in [0.4, 0.5) is 0 Å². The molecule has 1 rings (SSSR count). The topological polar surface area (TPSA) is 77.5 Å². The average Bonchev–Trinajstić information content (AvgIpc) is 2.74. The quantitative estimate of drug-likeness (QED) is 0.640. The van der Waals surface area contributed by atoms with Crippen molar-refractivity contribution in [3.8, 4) is 0 Å². The van der Waals surface area contributed by atoms with Gasteiger partial charge in [-0.25, -0.2) is 18.1 Å². The lowest BCUT2D eigenvalue weighted by molar-refractivity contribution is 0.0784. The van der Waals surface area contributed by atoms with Gasteiger partial charge in [0.25, 0.3) is 0 Å². The predicted octanol–water partition coefficient (Wildman–Crippen LogP) is 0.576. The van der Waals surface area contributed by atoms with Crippen molar-refractivity contribution in [3.05, 3.63) is 16.1 Å². The molecule has 0 radical (unpaired) electrons. The summed E-state index contributed by atoms with van der Waals surface area (Å²) in [6.07, 6.45) is 0.605. The van der Waals surface area contributed by atoms with Gasteiger partial charge in [-0.15, -0.1) is 11.3 Å². The molecule has 0 aromatic carbocycles. The van der Waals surface area contributed by atoms with E-state index in [1.807, 2.05) is 12.3 Å². The minimum Gasteiger partial charge on any atom is -0.382 e. The largest absolute Gasteiger partial charge is 0.382 e. The second kappa shape index (κ2) is 8.60. The molecule has 19 heavy (non-hydrogen) atoms. The number of aromatic nitrogens is 1. The molecule has 1 heterocycles. The van der Waals surface area contributed by atoms with Gasteiger partial charge in [-0.1, -0.05) is 0 Å². The number of aryl methyl sites for hydroxylation is 1. The van der Waals surface area contributed by atoms with Crippen LogP contribution in [-0.4, -0.2) is 52.6 Å². The van der Waals surface area contributed by atoms with Crippen molar-refractivity contribution in [3.63, 3.8) is 0 Å². The molecule has 0 spiro atoms. The molecule has 8 heteroatoms. The van der Waals surface area contributed by atoms with Crippen LogP contribution in [-0.2, 0) is 25.9 Å².